The Bertz CT molecular complexity index is 803. The number of aryl methyl sites for hydroxylation is 1. The van der Waals surface area contributed by atoms with Crippen LogP contribution in [0.1, 0.15) is 25.6 Å². The van der Waals surface area contributed by atoms with E-state index in [2.05, 4.69) is 27.0 Å². The van der Waals surface area contributed by atoms with Crippen molar-refractivity contribution in [1.29, 1.82) is 0 Å². The molecule has 2 aromatic rings. The first kappa shape index (κ1) is 17.8. The van der Waals surface area contributed by atoms with E-state index in [9.17, 15) is 8.42 Å². The third kappa shape index (κ3) is 4.56. The van der Waals surface area contributed by atoms with Gasteiger partial charge in [0, 0.05) is 19.1 Å². The fourth-order valence-electron chi connectivity index (χ4n) is 2.84. The van der Waals surface area contributed by atoms with Crippen LogP contribution in [0, 0.1) is 0 Å². The lowest BCUT2D eigenvalue weighted by Gasteiger charge is -2.28. The molecule has 0 aliphatic carbocycles. The monoisotopic (exact) mass is 365 g/mol. The first-order valence-electron chi connectivity index (χ1n) is 8.25. The van der Waals surface area contributed by atoms with Gasteiger partial charge in [0.1, 0.15) is 18.7 Å². The smallest absolute Gasteiger partial charge is 0.240 e. The van der Waals surface area contributed by atoms with E-state index in [1.807, 2.05) is 0 Å². The molecule has 1 saturated heterocycles. The summed E-state index contributed by atoms with van der Waals surface area (Å²) in [4.78, 5) is 4.32. The van der Waals surface area contributed by atoms with Crippen LogP contribution in [0.3, 0.4) is 0 Å². The molecule has 25 heavy (non-hydrogen) atoms. The van der Waals surface area contributed by atoms with Crippen LogP contribution in [0.2, 0.25) is 0 Å². The van der Waals surface area contributed by atoms with Crippen LogP contribution in [0.5, 0.6) is 5.75 Å². The summed E-state index contributed by atoms with van der Waals surface area (Å²) in [6.45, 7) is 3.15. The van der Waals surface area contributed by atoms with Gasteiger partial charge in [-0.05, 0) is 50.6 Å². The zero-order valence-electron chi connectivity index (χ0n) is 14.3. The molecular formula is C16H23N5O3S. The Kier molecular flexibility index (Phi) is 5.36. The van der Waals surface area contributed by atoms with Gasteiger partial charge in [0.15, 0.2) is 5.82 Å². The van der Waals surface area contributed by atoms with Gasteiger partial charge in [0.2, 0.25) is 10.0 Å². The number of hydrogen-bond acceptors (Lipinski definition) is 6. The minimum atomic E-state index is -3.52. The summed E-state index contributed by atoms with van der Waals surface area (Å²) >= 11 is 0. The largest absolute Gasteiger partial charge is 0.486 e. The quantitative estimate of drug-likeness (QED) is 0.786. The van der Waals surface area contributed by atoms with Crippen molar-refractivity contribution in [3.05, 3.63) is 36.4 Å². The molecule has 1 aliphatic heterocycles. The van der Waals surface area contributed by atoms with Crippen molar-refractivity contribution >= 4 is 10.0 Å². The second-order valence-electron chi connectivity index (χ2n) is 6.26. The van der Waals surface area contributed by atoms with E-state index in [1.54, 1.807) is 36.0 Å². The Morgan fingerprint density at radius 2 is 2.12 bits per heavy atom. The molecule has 8 nitrogen and oxygen atoms in total. The van der Waals surface area contributed by atoms with Crippen molar-refractivity contribution < 1.29 is 13.2 Å². The number of hydrogen-bond donors (Lipinski definition) is 2. The predicted molar refractivity (Wildman–Crippen MR) is 92.6 cm³/mol. The second kappa shape index (κ2) is 7.51. The lowest BCUT2D eigenvalue weighted by atomic mass is 10.0. The van der Waals surface area contributed by atoms with E-state index in [-0.39, 0.29) is 17.5 Å². The molecule has 2 N–H and O–H groups in total. The molecule has 9 heteroatoms. The molecule has 0 amide bonds. The average molecular weight is 365 g/mol. The van der Waals surface area contributed by atoms with Gasteiger partial charge in [-0.25, -0.2) is 18.1 Å². The van der Waals surface area contributed by atoms with Gasteiger partial charge < -0.3 is 10.1 Å². The summed E-state index contributed by atoms with van der Waals surface area (Å²) in [7, 11) is -1.74. The van der Waals surface area contributed by atoms with Crippen molar-refractivity contribution in [2.24, 2.45) is 7.05 Å². The number of rotatable bonds is 6. The molecule has 0 bridgehead atoms. The van der Waals surface area contributed by atoms with Crippen LogP contribution in [-0.4, -0.2) is 41.8 Å². The number of ether oxygens (including phenoxy) is 1. The van der Waals surface area contributed by atoms with Crippen LogP contribution >= 0.6 is 0 Å². The summed E-state index contributed by atoms with van der Waals surface area (Å²) in [6, 6.07) is 6.69. The highest BCUT2D eigenvalue weighted by molar-refractivity contribution is 7.89. The normalized spacial score (nSPS) is 21.2. The summed E-state index contributed by atoms with van der Waals surface area (Å²) < 4.78 is 35.1. The number of nitrogens with zero attached hydrogens (tertiary/aromatic N) is 3. The Hall–Kier alpha value is -1.97. The molecule has 136 valence electrons. The van der Waals surface area contributed by atoms with Gasteiger partial charge in [-0.3, -0.25) is 4.68 Å². The summed E-state index contributed by atoms with van der Waals surface area (Å²) in [6.07, 6.45) is 3.04. The lowest BCUT2D eigenvalue weighted by molar-refractivity contribution is 0.289. The van der Waals surface area contributed by atoms with E-state index in [0.717, 1.165) is 19.4 Å². The molecule has 2 heterocycles. The van der Waals surface area contributed by atoms with E-state index in [4.69, 9.17) is 4.74 Å². The second-order valence-corrected chi connectivity index (χ2v) is 7.97. The average Bonchev–Trinajstić information content (AvgIpc) is 2.98. The van der Waals surface area contributed by atoms with Gasteiger partial charge >= 0.3 is 0 Å². The van der Waals surface area contributed by atoms with Crippen LogP contribution < -0.4 is 14.8 Å². The predicted octanol–water partition coefficient (Wildman–Crippen LogP) is 0.813. The molecule has 3 rings (SSSR count). The SMILES string of the molecule is CC1CC(NS(=O)(=O)c2ccc(OCc3ncnn3C)cc2)CCN1. The summed E-state index contributed by atoms with van der Waals surface area (Å²) in [5, 5.41) is 7.28. The fourth-order valence-corrected chi connectivity index (χ4v) is 4.12. The minimum absolute atomic E-state index is 0.0342. The number of piperidine rings is 1. The van der Waals surface area contributed by atoms with E-state index < -0.39 is 10.0 Å². The third-order valence-corrected chi connectivity index (χ3v) is 5.79. The highest BCUT2D eigenvalue weighted by atomic mass is 32.2. The van der Waals surface area contributed by atoms with Gasteiger partial charge in [0.25, 0.3) is 0 Å². The van der Waals surface area contributed by atoms with Gasteiger partial charge in [-0.15, -0.1) is 0 Å². The van der Waals surface area contributed by atoms with Crippen molar-refractivity contribution in [3.63, 3.8) is 0 Å². The number of sulfonamides is 1. The highest BCUT2D eigenvalue weighted by Crippen LogP contribution is 2.18. The Morgan fingerprint density at radius 1 is 1.36 bits per heavy atom. The van der Waals surface area contributed by atoms with Crippen LogP contribution in [0.25, 0.3) is 0 Å². The highest BCUT2D eigenvalue weighted by Gasteiger charge is 2.24. The molecule has 2 atom stereocenters. The maximum Gasteiger partial charge on any atom is 0.240 e. The lowest BCUT2D eigenvalue weighted by Crippen LogP contribution is -2.46. The molecule has 0 saturated carbocycles. The molecular weight excluding hydrogens is 342 g/mol. The Labute approximate surface area is 147 Å². The fraction of sp³-hybridized carbons (Fsp3) is 0.500. The minimum Gasteiger partial charge on any atom is -0.486 e. The Balaban J connectivity index is 1.61. The first-order chi connectivity index (χ1) is 11.9. The molecule has 0 spiro atoms. The zero-order valence-corrected chi connectivity index (χ0v) is 15.2. The van der Waals surface area contributed by atoms with E-state index in [1.165, 1.54) is 6.33 Å². The Morgan fingerprint density at radius 3 is 2.76 bits per heavy atom. The summed E-state index contributed by atoms with van der Waals surface area (Å²) in [5.41, 5.74) is 0. The molecule has 1 aromatic heterocycles. The third-order valence-electron chi connectivity index (χ3n) is 4.25. The van der Waals surface area contributed by atoms with Gasteiger partial charge in [-0.2, -0.15) is 5.10 Å². The molecule has 0 radical (unpaired) electrons. The molecule has 1 aliphatic rings. The van der Waals surface area contributed by atoms with E-state index >= 15 is 0 Å². The van der Waals surface area contributed by atoms with Crippen molar-refractivity contribution in [2.75, 3.05) is 6.54 Å². The van der Waals surface area contributed by atoms with Crippen molar-refractivity contribution in [3.8, 4) is 5.75 Å². The van der Waals surface area contributed by atoms with E-state index in [0.29, 0.717) is 17.6 Å². The van der Waals surface area contributed by atoms with Gasteiger partial charge in [-0.1, -0.05) is 0 Å². The standard InChI is InChI=1S/C16H23N5O3S/c1-12-9-13(7-8-17-12)20-25(22,23)15-5-3-14(4-6-15)24-10-16-18-11-19-21(16)2/h3-6,11-13,17,20H,7-10H2,1-2H3. The first-order valence-corrected chi connectivity index (χ1v) is 9.74. The molecule has 1 aromatic carbocycles. The zero-order chi connectivity index (χ0) is 17.9. The number of nitrogens with one attached hydrogen (secondary N) is 2. The number of benzene rings is 1. The maximum atomic E-state index is 12.5. The van der Waals surface area contributed by atoms with Gasteiger partial charge in [0.05, 0.1) is 4.90 Å². The number of aromatic nitrogens is 3. The van der Waals surface area contributed by atoms with Crippen LogP contribution in [0.4, 0.5) is 0 Å². The van der Waals surface area contributed by atoms with Crippen molar-refractivity contribution in [2.45, 2.75) is 43.4 Å². The molecule has 2 unspecified atom stereocenters. The van der Waals surface area contributed by atoms with Crippen LogP contribution in [0.15, 0.2) is 35.5 Å². The molecule has 1 fully saturated rings. The summed E-state index contributed by atoms with van der Waals surface area (Å²) in [5.74, 6) is 1.27. The van der Waals surface area contributed by atoms with Crippen molar-refractivity contribution in [1.82, 2.24) is 24.8 Å². The maximum absolute atomic E-state index is 12.5. The van der Waals surface area contributed by atoms with Crippen LogP contribution in [-0.2, 0) is 23.7 Å². The topological polar surface area (TPSA) is 98.1 Å².